The standard InChI is InChI=1S/2ClH.2Cu/h2*1H;;/q;;2*+1/p-2. The van der Waals surface area contributed by atoms with Crippen molar-refractivity contribution in [1.82, 2.24) is 0 Å². The summed E-state index contributed by atoms with van der Waals surface area (Å²) in [6.45, 7) is 0. The van der Waals surface area contributed by atoms with Gasteiger partial charge >= 0.3 is 50.4 Å². The molecule has 0 aromatic carbocycles. The van der Waals surface area contributed by atoms with E-state index in [4.69, 9.17) is 0 Å². The molecule has 0 bridgehead atoms. The average molecular weight is 198 g/mol. The van der Waals surface area contributed by atoms with E-state index in [0.29, 0.717) is 0 Å². The Morgan fingerprint density at radius 1 is 0.750 bits per heavy atom. The fourth-order valence-corrected chi connectivity index (χ4v) is 0. The molecule has 0 radical (unpaired) electrons. The molecule has 4 heteroatoms. The summed E-state index contributed by atoms with van der Waals surface area (Å²) in [5, 5.41) is 0. The Labute approximate surface area is 50.3 Å². The van der Waals surface area contributed by atoms with Crippen LogP contribution in [0.2, 0.25) is 0 Å². The first-order valence-electron chi connectivity index (χ1n) is 0.228. The monoisotopic (exact) mass is 196 g/mol. The van der Waals surface area contributed by atoms with E-state index < -0.39 is 0 Å². The van der Waals surface area contributed by atoms with Gasteiger partial charge in [-0.1, -0.05) is 0 Å². The van der Waals surface area contributed by atoms with Crippen molar-refractivity contribution in [1.29, 1.82) is 0 Å². The first kappa shape index (κ1) is 9.15. The molecule has 0 aliphatic carbocycles. The van der Waals surface area contributed by atoms with Gasteiger partial charge in [-0.3, -0.25) is 0 Å². The molecule has 0 heterocycles. The van der Waals surface area contributed by atoms with E-state index >= 15 is 0 Å². The minimum atomic E-state index is 3.66. The van der Waals surface area contributed by atoms with Gasteiger partial charge in [-0.2, -0.15) is 0 Å². The molecule has 0 saturated heterocycles. The van der Waals surface area contributed by atoms with Gasteiger partial charge in [0.25, 0.3) is 0 Å². The van der Waals surface area contributed by atoms with E-state index in [1.165, 1.54) is 0 Å². The van der Waals surface area contributed by atoms with Crippen LogP contribution in [0.3, 0.4) is 0 Å². The summed E-state index contributed by atoms with van der Waals surface area (Å²) in [6.07, 6.45) is 0. The van der Waals surface area contributed by atoms with Crippen LogP contribution in [0.25, 0.3) is 0 Å². The zero-order chi connectivity index (χ0) is 4.00. The quantitative estimate of drug-likeness (QED) is 0.515. The summed E-state index contributed by atoms with van der Waals surface area (Å²) >= 11 is 7.32. The molecule has 0 spiro atoms. The van der Waals surface area contributed by atoms with E-state index in [-0.39, 0.29) is 0 Å². The molecule has 0 aromatic rings. The van der Waals surface area contributed by atoms with Gasteiger partial charge in [0.05, 0.1) is 0 Å². The Bertz CT molecular complexity index is 4.00. The summed E-state index contributed by atoms with van der Waals surface area (Å²) in [4.78, 5) is 0. The van der Waals surface area contributed by atoms with Crippen molar-refractivity contribution in [3.8, 4) is 0 Å². The van der Waals surface area contributed by atoms with Crippen LogP contribution in [0, 0.1) is 0 Å². The van der Waals surface area contributed by atoms with Crippen LogP contribution in [0.5, 0.6) is 0 Å². The van der Waals surface area contributed by atoms with Gasteiger partial charge in [-0.15, -0.1) is 0 Å². The van der Waals surface area contributed by atoms with Crippen molar-refractivity contribution in [3.63, 3.8) is 0 Å². The Morgan fingerprint density at radius 3 is 0.750 bits per heavy atom. The van der Waals surface area contributed by atoms with Gasteiger partial charge in [0.1, 0.15) is 0 Å². The third-order valence-corrected chi connectivity index (χ3v) is 0. The summed E-state index contributed by atoms with van der Waals surface area (Å²) in [7, 11) is 8.40. The first-order chi connectivity index (χ1) is 2.00. The van der Waals surface area contributed by atoms with Crippen LogP contribution >= 0.6 is 20.2 Å². The minimum absolute atomic E-state index is 3.66. The summed E-state index contributed by atoms with van der Waals surface area (Å²) in [6, 6.07) is 0. The van der Waals surface area contributed by atoms with Crippen LogP contribution in [-0.4, -0.2) is 0 Å². The maximum atomic E-state index is 4.20. The second-order valence-corrected chi connectivity index (χ2v) is 0. The van der Waals surface area contributed by atoms with Crippen molar-refractivity contribution >= 4 is 20.2 Å². The molecule has 0 aromatic heterocycles. The molecule has 0 saturated carbocycles. The van der Waals surface area contributed by atoms with Crippen molar-refractivity contribution in [2.45, 2.75) is 0 Å². The average Bonchev–Trinajstić information content (AvgIpc) is 1.50. The molecular weight excluding hydrogens is 198 g/mol. The SMILES string of the molecule is [Cl][Cu].[Cl][Cu]. The molecule has 36 valence electrons. The second-order valence-electron chi connectivity index (χ2n) is 0. The van der Waals surface area contributed by atoms with Gasteiger partial charge < -0.3 is 0 Å². The third kappa shape index (κ3) is 9.47. The van der Waals surface area contributed by atoms with Crippen molar-refractivity contribution < 1.29 is 30.2 Å². The maximum absolute atomic E-state index is 4.20. The number of hydrogen-bond donors (Lipinski definition) is 0. The molecule has 0 rings (SSSR count). The molecule has 0 nitrogen and oxygen atoms in total. The molecule has 0 aliphatic rings. The summed E-state index contributed by atoms with van der Waals surface area (Å²) < 4.78 is 0. The summed E-state index contributed by atoms with van der Waals surface area (Å²) in [5.74, 6) is 0. The van der Waals surface area contributed by atoms with Gasteiger partial charge in [-0.25, -0.2) is 0 Å². The molecule has 0 amide bonds. The second kappa shape index (κ2) is 23.1. The Hall–Kier alpha value is 1.62. The van der Waals surface area contributed by atoms with E-state index in [1.807, 2.05) is 0 Å². The Balaban J connectivity index is 0. The van der Waals surface area contributed by atoms with Crippen molar-refractivity contribution in [3.05, 3.63) is 0 Å². The number of halogens is 2. The van der Waals surface area contributed by atoms with Crippen LogP contribution < -0.4 is 0 Å². The van der Waals surface area contributed by atoms with Crippen LogP contribution in [0.4, 0.5) is 0 Å². The summed E-state index contributed by atoms with van der Waals surface area (Å²) in [5.41, 5.74) is 0. The van der Waals surface area contributed by atoms with Crippen molar-refractivity contribution in [2.24, 2.45) is 0 Å². The molecule has 0 fully saturated rings. The Morgan fingerprint density at radius 2 is 0.750 bits per heavy atom. The van der Waals surface area contributed by atoms with Crippen LogP contribution in [0.15, 0.2) is 0 Å². The van der Waals surface area contributed by atoms with Gasteiger partial charge in [0.2, 0.25) is 0 Å². The zero-order valence-corrected chi connectivity index (χ0v) is 4.75. The van der Waals surface area contributed by atoms with Gasteiger partial charge in [0.15, 0.2) is 0 Å². The van der Waals surface area contributed by atoms with E-state index in [0.717, 1.165) is 0 Å². The number of rotatable bonds is 0. The van der Waals surface area contributed by atoms with E-state index in [9.17, 15) is 0 Å². The first-order valence-corrected chi connectivity index (χ1v) is 2.82. The van der Waals surface area contributed by atoms with Crippen LogP contribution in [-0.2, 0) is 30.2 Å². The molecule has 0 N–H and O–H groups in total. The molecule has 0 aliphatic heterocycles. The number of hydrogen-bond acceptors (Lipinski definition) is 0. The van der Waals surface area contributed by atoms with Crippen molar-refractivity contribution in [2.75, 3.05) is 0 Å². The van der Waals surface area contributed by atoms with Gasteiger partial charge in [-0.05, 0) is 0 Å². The van der Waals surface area contributed by atoms with E-state index in [2.05, 4.69) is 50.4 Å². The van der Waals surface area contributed by atoms with Gasteiger partial charge in [0, 0.05) is 0 Å². The molecule has 0 atom stereocenters. The fourth-order valence-electron chi connectivity index (χ4n) is 0. The third-order valence-electron chi connectivity index (χ3n) is 0. The Kier molecular flexibility index (Phi) is 52.8. The predicted octanol–water partition coefficient (Wildman–Crippen LogP) is 1.37. The fraction of sp³-hybridized carbons (Fsp3) is 0. The van der Waals surface area contributed by atoms with Crippen LogP contribution in [0.1, 0.15) is 0 Å². The molecule has 0 unspecified atom stereocenters. The topological polar surface area (TPSA) is 0 Å². The predicted molar refractivity (Wildman–Crippen MR) is 11.7 cm³/mol. The molecule has 4 heavy (non-hydrogen) atoms. The normalized spacial score (nSPS) is 3.50. The van der Waals surface area contributed by atoms with E-state index in [1.54, 1.807) is 0 Å². The zero-order valence-electron chi connectivity index (χ0n) is 1.36. The molecular formula is Cl2Cu2.